The molecular weight excluding hydrogens is 225 g/mol. The van der Waals surface area contributed by atoms with E-state index in [1.54, 1.807) is 6.07 Å². The molecule has 0 aliphatic carbocycles. The molecule has 2 N–H and O–H groups in total. The number of carboxylic acids is 1. The van der Waals surface area contributed by atoms with Crippen molar-refractivity contribution in [3.05, 3.63) is 24.0 Å². The normalized spacial score (nSPS) is 11.9. The molecule has 0 saturated carbocycles. The van der Waals surface area contributed by atoms with Gasteiger partial charge in [-0.2, -0.15) is 0 Å². The zero-order chi connectivity index (χ0) is 12.8. The van der Waals surface area contributed by atoms with E-state index in [-0.39, 0.29) is 18.3 Å². The van der Waals surface area contributed by atoms with Crippen molar-refractivity contribution in [2.45, 2.75) is 25.8 Å². The third-order valence-electron chi connectivity index (χ3n) is 2.37. The predicted octanol–water partition coefficient (Wildman–Crippen LogP) is 2.50. The monoisotopic (exact) mass is 241 g/mol. The molecule has 0 radical (unpaired) electrons. The number of ether oxygens (including phenoxy) is 1. The summed E-state index contributed by atoms with van der Waals surface area (Å²) >= 11 is 0. The lowest BCUT2D eigenvalue weighted by atomic mass is 10.1. The van der Waals surface area contributed by atoms with Gasteiger partial charge in [-0.1, -0.05) is 0 Å². The van der Waals surface area contributed by atoms with E-state index >= 15 is 0 Å². The number of benzene rings is 1. The molecule has 0 aliphatic heterocycles. The minimum atomic E-state index is -0.857. The molecule has 0 aliphatic rings. The van der Waals surface area contributed by atoms with Crippen LogP contribution in [-0.4, -0.2) is 24.2 Å². The summed E-state index contributed by atoms with van der Waals surface area (Å²) in [6, 6.07) is 4.27. The Morgan fingerprint density at radius 1 is 1.59 bits per heavy atom. The summed E-state index contributed by atoms with van der Waals surface area (Å²) in [6.07, 6.45) is 0.492. The molecule has 0 amide bonds. The molecule has 1 aromatic rings. The lowest BCUT2D eigenvalue weighted by Gasteiger charge is -2.15. The Kier molecular flexibility index (Phi) is 4.75. The van der Waals surface area contributed by atoms with Crippen LogP contribution in [0.5, 0.6) is 5.75 Å². The molecule has 1 unspecified atom stereocenters. The summed E-state index contributed by atoms with van der Waals surface area (Å²) in [5, 5.41) is 11.5. The molecule has 1 aromatic carbocycles. The van der Waals surface area contributed by atoms with Gasteiger partial charge < -0.3 is 15.2 Å². The van der Waals surface area contributed by atoms with Crippen LogP contribution in [0, 0.1) is 5.82 Å². The summed E-state index contributed by atoms with van der Waals surface area (Å²) in [5.41, 5.74) is 0.322. The molecule has 4 nitrogen and oxygen atoms in total. The van der Waals surface area contributed by atoms with E-state index in [0.717, 1.165) is 0 Å². The Balaban J connectivity index is 2.63. The molecule has 0 saturated heterocycles. The fourth-order valence-corrected chi connectivity index (χ4v) is 1.42. The van der Waals surface area contributed by atoms with E-state index in [9.17, 15) is 9.18 Å². The number of rotatable bonds is 6. The van der Waals surface area contributed by atoms with E-state index < -0.39 is 5.97 Å². The Morgan fingerprint density at radius 3 is 2.88 bits per heavy atom. The quantitative estimate of drug-likeness (QED) is 0.803. The standard InChI is InChI=1S/C12H16FNO3/c1-8(3-6-12(15)16)14-11-7-9(17-2)4-5-10(11)13/h4-5,7-8,14H,3,6H2,1-2H3,(H,15,16). The SMILES string of the molecule is COc1ccc(F)c(NC(C)CCC(=O)O)c1. The molecule has 0 fully saturated rings. The second-order valence-electron chi connectivity index (χ2n) is 3.82. The number of carboxylic acid groups (broad SMARTS) is 1. The van der Waals surface area contributed by atoms with Crippen molar-refractivity contribution in [3.63, 3.8) is 0 Å². The number of methoxy groups -OCH3 is 1. The predicted molar refractivity (Wildman–Crippen MR) is 62.9 cm³/mol. The molecule has 0 heterocycles. The maximum Gasteiger partial charge on any atom is 0.303 e. The number of hydrogen-bond acceptors (Lipinski definition) is 3. The second kappa shape index (κ2) is 6.08. The van der Waals surface area contributed by atoms with Gasteiger partial charge in [-0.25, -0.2) is 4.39 Å². The van der Waals surface area contributed by atoms with Crippen LogP contribution in [0.25, 0.3) is 0 Å². The van der Waals surface area contributed by atoms with E-state index in [4.69, 9.17) is 9.84 Å². The highest BCUT2D eigenvalue weighted by Crippen LogP contribution is 2.22. The van der Waals surface area contributed by atoms with Gasteiger partial charge in [0.05, 0.1) is 12.8 Å². The molecule has 0 bridgehead atoms. The first kappa shape index (κ1) is 13.3. The van der Waals surface area contributed by atoms with E-state index in [2.05, 4.69) is 5.32 Å². The first-order chi connectivity index (χ1) is 8.02. The van der Waals surface area contributed by atoms with E-state index in [1.165, 1.54) is 19.2 Å². The molecule has 5 heteroatoms. The first-order valence-electron chi connectivity index (χ1n) is 5.34. The summed E-state index contributed by atoms with van der Waals surface area (Å²) in [5.74, 6) is -0.683. The summed E-state index contributed by atoms with van der Waals surface area (Å²) in [6.45, 7) is 1.81. The lowest BCUT2D eigenvalue weighted by molar-refractivity contribution is -0.137. The Morgan fingerprint density at radius 2 is 2.29 bits per heavy atom. The minimum absolute atomic E-state index is 0.0553. The Hall–Kier alpha value is -1.78. The average Bonchev–Trinajstić information content (AvgIpc) is 2.29. The van der Waals surface area contributed by atoms with Crippen molar-refractivity contribution in [2.24, 2.45) is 0 Å². The van der Waals surface area contributed by atoms with Gasteiger partial charge >= 0.3 is 5.97 Å². The number of nitrogens with one attached hydrogen (secondary N) is 1. The van der Waals surface area contributed by atoms with Gasteiger partial charge in [0.15, 0.2) is 0 Å². The summed E-state index contributed by atoms with van der Waals surface area (Å²) in [4.78, 5) is 10.4. The van der Waals surface area contributed by atoms with Crippen molar-refractivity contribution in [2.75, 3.05) is 12.4 Å². The van der Waals surface area contributed by atoms with Gasteiger partial charge in [-0.15, -0.1) is 0 Å². The molecule has 94 valence electrons. The molecule has 1 rings (SSSR count). The molecule has 0 aromatic heterocycles. The van der Waals surface area contributed by atoms with Gasteiger partial charge in [0, 0.05) is 18.5 Å². The number of anilines is 1. The van der Waals surface area contributed by atoms with Crippen LogP contribution < -0.4 is 10.1 Å². The van der Waals surface area contributed by atoms with Gasteiger partial charge in [0.2, 0.25) is 0 Å². The Labute approximate surface area is 99.4 Å². The van der Waals surface area contributed by atoms with Crippen molar-refractivity contribution in [1.82, 2.24) is 0 Å². The molecule has 17 heavy (non-hydrogen) atoms. The largest absolute Gasteiger partial charge is 0.497 e. The number of halogens is 1. The fourth-order valence-electron chi connectivity index (χ4n) is 1.42. The average molecular weight is 241 g/mol. The summed E-state index contributed by atoms with van der Waals surface area (Å²) < 4.78 is 18.4. The van der Waals surface area contributed by atoms with Crippen molar-refractivity contribution < 1.29 is 19.0 Å². The maximum absolute atomic E-state index is 13.4. The highest BCUT2D eigenvalue weighted by atomic mass is 19.1. The highest BCUT2D eigenvalue weighted by molar-refractivity contribution is 5.66. The van der Waals surface area contributed by atoms with Gasteiger partial charge in [0.1, 0.15) is 11.6 Å². The smallest absolute Gasteiger partial charge is 0.303 e. The van der Waals surface area contributed by atoms with Crippen LogP contribution in [0.15, 0.2) is 18.2 Å². The van der Waals surface area contributed by atoms with Crippen LogP contribution >= 0.6 is 0 Å². The highest BCUT2D eigenvalue weighted by Gasteiger charge is 2.09. The maximum atomic E-state index is 13.4. The van der Waals surface area contributed by atoms with Crippen LogP contribution in [-0.2, 0) is 4.79 Å². The topological polar surface area (TPSA) is 58.6 Å². The van der Waals surface area contributed by atoms with Crippen LogP contribution in [0.1, 0.15) is 19.8 Å². The third-order valence-corrected chi connectivity index (χ3v) is 2.37. The van der Waals surface area contributed by atoms with Crippen LogP contribution in [0.4, 0.5) is 10.1 Å². The van der Waals surface area contributed by atoms with Gasteiger partial charge in [-0.3, -0.25) is 4.79 Å². The van der Waals surface area contributed by atoms with Gasteiger partial charge in [0.25, 0.3) is 0 Å². The van der Waals surface area contributed by atoms with E-state index in [0.29, 0.717) is 17.9 Å². The third kappa shape index (κ3) is 4.30. The van der Waals surface area contributed by atoms with Crippen molar-refractivity contribution >= 4 is 11.7 Å². The molecular formula is C12H16FNO3. The number of carbonyl (C=O) groups is 1. The van der Waals surface area contributed by atoms with Crippen LogP contribution in [0.2, 0.25) is 0 Å². The molecule has 0 spiro atoms. The van der Waals surface area contributed by atoms with Crippen molar-refractivity contribution in [1.29, 1.82) is 0 Å². The van der Waals surface area contributed by atoms with E-state index in [1.807, 2.05) is 6.92 Å². The Bertz CT molecular complexity index is 395. The van der Waals surface area contributed by atoms with Crippen LogP contribution in [0.3, 0.4) is 0 Å². The molecule has 1 atom stereocenters. The zero-order valence-electron chi connectivity index (χ0n) is 9.87. The van der Waals surface area contributed by atoms with Crippen molar-refractivity contribution in [3.8, 4) is 5.75 Å². The first-order valence-corrected chi connectivity index (χ1v) is 5.34. The number of aliphatic carboxylic acids is 1. The number of hydrogen-bond donors (Lipinski definition) is 2. The van der Waals surface area contributed by atoms with Gasteiger partial charge in [-0.05, 0) is 25.5 Å². The fraction of sp³-hybridized carbons (Fsp3) is 0.417. The minimum Gasteiger partial charge on any atom is -0.497 e. The zero-order valence-corrected chi connectivity index (χ0v) is 9.87. The summed E-state index contributed by atoms with van der Waals surface area (Å²) in [7, 11) is 1.50. The second-order valence-corrected chi connectivity index (χ2v) is 3.82. The lowest BCUT2D eigenvalue weighted by Crippen LogP contribution is -2.17.